The second-order valence-electron chi connectivity index (χ2n) is 5.09. The number of H-pyrrole nitrogens is 1. The summed E-state index contributed by atoms with van der Waals surface area (Å²) in [4.78, 5) is 16.4. The Morgan fingerprint density at radius 3 is 2.62 bits per heavy atom. The standard InChI is InChI=1S/C17H12ClN5.CH4/c18-15-10-20-17-22-14-7-12(8-19-9-14)5-4-11-2-1-3-13(6-11)21-16(15)23-17;/h1-10H,(H2,20,21,22,23);1H4. The normalized spacial score (nSPS) is 11.8. The first-order chi connectivity index (χ1) is 11.3. The molecule has 3 heterocycles. The van der Waals surface area contributed by atoms with Gasteiger partial charge in [-0.2, -0.15) is 0 Å². The topological polar surface area (TPSA) is 66.5 Å². The highest BCUT2D eigenvalue weighted by Gasteiger charge is 2.05. The van der Waals surface area contributed by atoms with E-state index in [-0.39, 0.29) is 7.43 Å². The van der Waals surface area contributed by atoms with E-state index in [0.717, 1.165) is 21.8 Å². The first-order valence-corrected chi connectivity index (χ1v) is 7.44. The van der Waals surface area contributed by atoms with Gasteiger partial charge in [0.25, 0.3) is 0 Å². The molecule has 2 aromatic heterocycles. The fourth-order valence-corrected chi connectivity index (χ4v) is 2.44. The van der Waals surface area contributed by atoms with Gasteiger partial charge in [-0.1, -0.05) is 43.3 Å². The number of benzene rings is 1. The molecule has 6 heteroatoms. The predicted molar refractivity (Wildman–Crippen MR) is 99.8 cm³/mol. The van der Waals surface area contributed by atoms with E-state index >= 15 is 0 Å². The molecule has 3 aromatic rings. The number of anilines is 1. The quantitative estimate of drug-likeness (QED) is 0.619. The molecule has 0 unspecified atom stereocenters. The molecule has 1 aromatic carbocycles. The lowest BCUT2D eigenvalue weighted by Gasteiger charge is -2.07. The van der Waals surface area contributed by atoms with Gasteiger partial charge in [0, 0.05) is 12.4 Å². The van der Waals surface area contributed by atoms with E-state index in [0.29, 0.717) is 16.8 Å². The minimum Gasteiger partial charge on any atom is -0.331 e. The van der Waals surface area contributed by atoms with Gasteiger partial charge < -0.3 is 10.3 Å². The third-order valence-corrected chi connectivity index (χ3v) is 3.65. The molecule has 120 valence electrons. The van der Waals surface area contributed by atoms with E-state index in [2.05, 4.69) is 25.3 Å². The highest BCUT2D eigenvalue weighted by Crippen LogP contribution is 2.19. The SMILES string of the molecule is C.ClC1=CNc2nc3cncc(ccc4cccc(c4)nc1[nH]2)c3. The Morgan fingerprint density at radius 1 is 0.875 bits per heavy atom. The minimum atomic E-state index is 0. The predicted octanol–water partition coefficient (Wildman–Crippen LogP) is 4.79. The van der Waals surface area contributed by atoms with Gasteiger partial charge in [-0.3, -0.25) is 4.98 Å². The smallest absolute Gasteiger partial charge is 0.206 e. The largest absolute Gasteiger partial charge is 0.331 e. The fraction of sp³-hybridized carbons (Fsp3) is 0.0556. The van der Waals surface area contributed by atoms with E-state index in [1.807, 2.05) is 42.5 Å². The molecule has 0 saturated heterocycles. The second-order valence-corrected chi connectivity index (χ2v) is 5.49. The molecule has 4 rings (SSSR count). The van der Waals surface area contributed by atoms with Crippen molar-refractivity contribution in [2.24, 2.45) is 0 Å². The van der Waals surface area contributed by atoms with Crippen LogP contribution in [0.5, 0.6) is 0 Å². The number of hydrogen-bond acceptors (Lipinski definition) is 4. The molecule has 1 aliphatic rings. The van der Waals surface area contributed by atoms with E-state index in [1.165, 1.54) is 0 Å². The molecule has 6 bridgehead atoms. The highest BCUT2D eigenvalue weighted by atomic mass is 35.5. The Morgan fingerprint density at radius 2 is 1.71 bits per heavy atom. The summed E-state index contributed by atoms with van der Waals surface area (Å²) in [5, 5.41) is 5.52. The number of halogens is 1. The van der Waals surface area contributed by atoms with E-state index < -0.39 is 0 Å². The van der Waals surface area contributed by atoms with Crippen molar-refractivity contribution in [1.82, 2.24) is 19.9 Å². The van der Waals surface area contributed by atoms with Crippen LogP contribution in [-0.2, 0) is 0 Å². The van der Waals surface area contributed by atoms with Gasteiger partial charge >= 0.3 is 0 Å². The lowest BCUT2D eigenvalue weighted by molar-refractivity contribution is 1.12. The van der Waals surface area contributed by atoms with Crippen LogP contribution >= 0.6 is 11.6 Å². The van der Waals surface area contributed by atoms with E-state index in [9.17, 15) is 0 Å². The third-order valence-electron chi connectivity index (χ3n) is 3.36. The van der Waals surface area contributed by atoms with Crippen LogP contribution in [0.1, 0.15) is 13.3 Å². The van der Waals surface area contributed by atoms with Crippen molar-refractivity contribution < 1.29 is 0 Å². The molecule has 2 N–H and O–H groups in total. The minimum absolute atomic E-state index is 0. The molecule has 0 amide bonds. The molecule has 0 radical (unpaired) electrons. The number of nitrogens with zero attached hydrogens (tertiary/aromatic N) is 3. The van der Waals surface area contributed by atoms with Gasteiger partial charge in [0.2, 0.25) is 5.95 Å². The van der Waals surface area contributed by atoms with Gasteiger partial charge in [-0.15, -0.1) is 0 Å². The number of nitrogens with one attached hydrogen (secondary N) is 2. The number of fused-ring (bicyclic) bond motifs is 6. The molecule has 1 aliphatic heterocycles. The summed E-state index contributed by atoms with van der Waals surface area (Å²) >= 11 is 6.21. The average molecular weight is 338 g/mol. The summed E-state index contributed by atoms with van der Waals surface area (Å²) in [7, 11) is 0. The van der Waals surface area contributed by atoms with Gasteiger partial charge in [0.1, 0.15) is 0 Å². The van der Waals surface area contributed by atoms with Crippen molar-refractivity contribution in [2.75, 3.05) is 5.32 Å². The molecular formula is C18H16ClN5. The Bertz CT molecular complexity index is 1020. The maximum atomic E-state index is 6.21. The van der Waals surface area contributed by atoms with Crippen LogP contribution in [0.15, 0.2) is 61.1 Å². The van der Waals surface area contributed by atoms with Crippen LogP contribution in [0, 0.1) is 0 Å². The van der Waals surface area contributed by atoms with Crippen molar-refractivity contribution in [3.05, 3.63) is 66.9 Å². The Labute approximate surface area is 144 Å². The monoisotopic (exact) mass is 337 g/mol. The Balaban J connectivity index is 0.00000169. The number of aromatic amines is 1. The van der Waals surface area contributed by atoms with Crippen LogP contribution < -0.4 is 5.32 Å². The van der Waals surface area contributed by atoms with Gasteiger partial charge in [0.05, 0.1) is 22.3 Å². The summed E-state index contributed by atoms with van der Waals surface area (Å²) in [6.07, 6.45) is 5.16. The average Bonchev–Trinajstić information content (AvgIpc) is 2.57. The Hall–Kier alpha value is -2.92. The summed E-state index contributed by atoms with van der Waals surface area (Å²) in [5.74, 6) is 1.10. The Kier molecular flexibility index (Phi) is 4.44. The van der Waals surface area contributed by atoms with Gasteiger partial charge in [-0.25, -0.2) is 9.97 Å². The maximum absolute atomic E-state index is 6.21. The first kappa shape index (κ1) is 16.0. The molecule has 0 spiro atoms. The molecule has 5 nitrogen and oxygen atoms in total. The van der Waals surface area contributed by atoms with Gasteiger partial charge in [0.15, 0.2) is 5.82 Å². The van der Waals surface area contributed by atoms with Crippen LogP contribution in [0.4, 0.5) is 5.95 Å². The van der Waals surface area contributed by atoms with Crippen molar-refractivity contribution in [3.63, 3.8) is 0 Å². The summed E-state index contributed by atoms with van der Waals surface area (Å²) < 4.78 is 0. The zero-order valence-electron chi connectivity index (χ0n) is 12.0. The van der Waals surface area contributed by atoms with E-state index in [1.54, 1.807) is 18.6 Å². The molecule has 0 aliphatic carbocycles. The first-order valence-electron chi connectivity index (χ1n) is 7.06. The number of rotatable bonds is 0. The molecular weight excluding hydrogens is 322 g/mol. The number of hydrogen-bond donors (Lipinski definition) is 2. The lowest BCUT2D eigenvalue weighted by atomic mass is 10.2. The van der Waals surface area contributed by atoms with Gasteiger partial charge in [-0.05, 0) is 29.0 Å². The van der Waals surface area contributed by atoms with Crippen LogP contribution in [-0.4, -0.2) is 19.9 Å². The number of aromatic nitrogens is 4. The molecule has 0 saturated carbocycles. The zero-order valence-corrected chi connectivity index (χ0v) is 12.7. The second kappa shape index (κ2) is 6.68. The maximum Gasteiger partial charge on any atom is 0.206 e. The highest BCUT2D eigenvalue weighted by molar-refractivity contribution is 6.48. The third kappa shape index (κ3) is 3.36. The van der Waals surface area contributed by atoms with Crippen molar-refractivity contribution in [3.8, 4) is 0 Å². The van der Waals surface area contributed by atoms with Crippen molar-refractivity contribution in [2.45, 2.75) is 7.43 Å². The summed E-state index contributed by atoms with van der Waals surface area (Å²) in [6.45, 7) is 0. The molecule has 24 heavy (non-hydrogen) atoms. The zero-order chi connectivity index (χ0) is 15.6. The van der Waals surface area contributed by atoms with E-state index in [4.69, 9.17) is 11.6 Å². The molecule has 0 fully saturated rings. The van der Waals surface area contributed by atoms with Crippen molar-refractivity contribution >= 4 is 44.4 Å². The van der Waals surface area contributed by atoms with Crippen LogP contribution in [0.2, 0.25) is 0 Å². The fourth-order valence-electron chi connectivity index (χ4n) is 2.30. The van der Waals surface area contributed by atoms with Crippen LogP contribution in [0.3, 0.4) is 0 Å². The summed E-state index contributed by atoms with van der Waals surface area (Å²) in [6, 6.07) is 13.9. The van der Waals surface area contributed by atoms with Crippen LogP contribution in [0.25, 0.3) is 26.8 Å². The summed E-state index contributed by atoms with van der Waals surface area (Å²) in [5.41, 5.74) is 1.55. The number of pyridine rings is 1. The van der Waals surface area contributed by atoms with Crippen molar-refractivity contribution in [1.29, 1.82) is 0 Å². The molecule has 0 atom stereocenters. The lowest BCUT2D eigenvalue weighted by Crippen LogP contribution is -2.02.